The van der Waals surface area contributed by atoms with Gasteiger partial charge in [-0.2, -0.15) is 5.10 Å². The number of imidazole rings is 1. The Morgan fingerprint density at radius 1 is 1.14 bits per heavy atom. The van der Waals surface area contributed by atoms with Crippen molar-refractivity contribution in [1.82, 2.24) is 19.7 Å². The van der Waals surface area contributed by atoms with Gasteiger partial charge in [-0.15, -0.1) is 0 Å². The summed E-state index contributed by atoms with van der Waals surface area (Å²) in [5.41, 5.74) is 4.35. The number of aromatic amines is 1. The normalized spacial score (nSPS) is 13.7. The van der Waals surface area contributed by atoms with Crippen LogP contribution >= 0.6 is 0 Å². The summed E-state index contributed by atoms with van der Waals surface area (Å²) < 4.78 is 15.0. The number of carbonyl (C=O) groups excluding carboxylic acids is 1. The van der Waals surface area contributed by atoms with Crippen LogP contribution < -0.4 is 4.90 Å². The molecule has 2 aromatic carbocycles. The van der Waals surface area contributed by atoms with E-state index in [9.17, 15) is 9.18 Å². The van der Waals surface area contributed by atoms with Gasteiger partial charge in [-0.25, -0.2) is 14.1 Å². The first kappa shape index (κ1) is 16.7. The molecule has 1 N–H and O–H groups in total. The molecule has 0 bridgehead atoms. The van der Waals surface area contributed by atoms with Crippen molar-refractivity contribution >= 4 is 22.6 Å². The first-order valence-electron chi connectivity index (χ1n) is 9.26. The van der Waals surface area contributed by atoms with Gasteiger partial charge in [-0.3, -0.25) is 4.79 Å². The number of anilines is 1. The number of nitrogens with zero attached hydrogens (tertiary/aromatic N) is 4. The van der Waals surface area contributed by atoms with Gasteiger partial charge in [0, 0.05) is 6.54 Å². The minimum Gasteiger partial charge on any atom is -0.342 e. The van der Waals surface area contributed by atoms with E-state index in [2.05, 4.69) is 15.1 Å². The number of hydrogen-bond acceptors (Lipinski definition) is 3. The number of benzene rings is 2. The third-order valence-electron chi connectivity index (χ3n) is 5.06. The lowest BCUT2D eigenvalue weighted by molar-refractivity contribution is -0.118. The highest BCUT2D eigenvalue weighted by Gasteiger charge is 2.27. The van der Waals surface area contributed by atoms with E-state index in [4.69, 9.17) is 0 Å². The molecular formula is C21H18FN5O. The summed E-state index contributed by atoms with van der Waals surface area (Å²) in [5, 5.41) is 4.45. The zero-order valence-electron chi connectivity index (χ0n) is 15.1. The Kier molecular flexibility index (Phi) is 3.93. The number of nitrogens with one attached hydrogen (secondary N) is 1. The Morgan fingerprint density at radius 2 is 1.96 bits per heavy atom. The molecule has 0 fully saturated rings. The molecule has 1 aliphatic rings. The quantitative estimate of drug-likeness (QED) is 0.597. The molecule has 0 spiro atoms. The lowest BCUT2D eigenvalue weighted by Gasteiger charge is -2.27. The molecule has 2 aromatic heterocycles. The Hall–Kier alpha value is -3.48. The molecule has 0 unspecified atom stereocenters. The van der Waals surface area contributed by atoms with Crippen molar-refractivity contribution in [3.8, 4) is 5.69 Å². The molecule has 6 nitrogen and oxygen atoms in total. The Balaban J connectivity index is 1.43. The van der Waals surface area contributed by atoms with Gasteiger partial charge in [0.25, 0.3) is 0 Å². The van der Waals surface area contributed by atoms with Crippen molar-refractivity contribution in [2.45, 2.75) is 19.3 Å². The number of amides is 1. The van der Waals surface area contributed by atoms with Crippen LogP contribution in [0.15, 0.2) is 54.7 Å². The fraction of sp³-hybridized carbons (Fsp3) is 0.190. The van der Waals surface area contributed by atoms with Crippen molar-refractivity contribution in [1.29, 1.82) is 0 Å². The molecular weight excluding hydrogens is 357 g/mol. The molecule has 0 saturated heterocycles. The highest BCUT2D eigenvalue weighted by atomic mass is 19.1. The highest BCUT2D eigenvalue weighted by molar-refractivity contribution is 5.95. The monoisotopic (exact) mass is 375 g/mol. The molecule has 1 aliphatic heterocycles. The van der Waals surface area contributed by atoms with Crippen molar-refractivity contribution < 1.29 is 9.18 Å². The minimum atomic E-state index is -0.285. The van der Waals surface area contributed by atoms with Crippen LogP contribution in [-0.4, -0.2) is 32.2 Å². The van der Waals surface area contributed by atoms with E-state index in [0.29, 0.717) is 12.4 Å². The van der Waals surface area contributed by atoms with Gasteiger partial charge in [0.05, 0.1) is 40.7 Å². The number of halogens is 1. The molecule has 0 radical (unpaired) electrons. The number of fused-ring (bicyclic) bond motifs is 2. The third kappa shape index (κ3) is 2.85. The average Bonchev–Trinajstić information content (AvgIpc) is 3.32. The topological polar surface area (TPSA) is 66.8 Å². The molecule has 1 amide bonds. The molecule has 0 saturated carbocycles. The lowest BCUT2D eigenvalue weighted by Crippen LogP contribution is -2.36. The van der Waals surface area contributed by atoms with Crippen molar-refractivity contribution in [2.24, 2.45) is 0 Å². The van der Waals surface area contributed by atoms with E-state index in [1.165, 1.54) is 12.1 Å². The van der Waals surface area contributed by atoms with E-state index in [1.54, 1.807) is 27.9 Å². The van der Waals surface area contributed by atoms with Gasteiger partial charge in [0.1, 0.15) is 11.6 Å². The van der Waals surface area contributed by atoms with E-state index in [1.807, 2.05) is 24.3 Å². The van der Waals surface area contributed by atoms with Gasteiger partial charge in [0.15, 0.2) is 0 Å². The van der Waals surface area contributed by atoms with Gasteiger partial charge in [-0.1, -0.05) is 12.1 Å². The Bertz CT molecular complexity index is 1130. The minimum absolute atomic E-state index is 0.0151. The lowest BCUT2D eigenvalue weighted by atomic mass is 10.1. The second kappa shape index (κ2) is 6.60. The maximum Gasteiger partial charge on any atom is 0.234 e. The molecule has 0 atom stereocenters. The zero-order chi connectivity index (χ0) is 19.1. The second-order valence-corrected chi connectivity index (χ2v) is 6.89. The van der Waals surface area contributed by atoms with Crippen LogP contribution in [0.4, 0.5) is 10.1 Å². The van der Waals surface area contributed by atoms with Crippen LogP contribution in [0.1, 0.15) is 17.9 Å². The molecule has 3 heterocycles. The van der Waals surface area contributed by atoms with Gasteiger partial charge in [-0.05, 0) is 49.2 Å². The van der Waals surface area contributed by atoms with Crippen LogP contribution in [0.2, 0.25) is 0 Å². The van der Waals surface area contributed by atoms with Crippen LogP contribution in [0, 0.1) is 5.82 Å². The number of H-pyrrole nitrogens is 1. The van der Waals surface area contributed by atoms with Crippen molar-refractivity contribution in [3.63, 3.8) is 0 Å². The Labute approximate surface area is 160 Å². The van der Waals surface area contributed by atoms with Crippen molar-refractivity contribution in [2.75, 3.05) is 11.4 Å². The maximum atomic E-state index is 13.2. The summed E-state index contributed by atoms with van der Waals surface area (Å²) in [6.07, 6.45) is 3.59. The van der Waals surface area contributed by atoms with Crippen LogP contribution in [-0.2, 0) is 17.6 Å². The van der Waals surface area contributed by atoms with E-state index >= 15 is 0 Å². The van der Waals surface area contributed by atoms with Crippen LogP contribution in [0.3, 0.4) is 0 Å². The fourth-order valence-electron chi connectivity index (χ4n) is 3.74. The van der Waals surface area contributed by atoms with Gasteiger partial charge >= 0.3 is 0 Å². The zero-order valence-corrected chi connectivity index (χ0v) is 15.1. The van der Waals surface area contributed by atoms with E-state index < -0.39 is 0 Å². The largest absolute Gasteiger partial charge is 0.342 e. The predicted molar refractivity (Wildman–Crippen MR) is 104 cm³/mol. The van der Waals surface area contributed by atoms with Crippen LogP contribution in [0.25, 0.3) is 16.7 Å². The molecule has 5 rings (SSSR count). The summed E-state index contributed by atoms with van der Waals surface area (Å²) in [6, 6.07) is 13.9. The molecule has 0 aliphatic carbocycles. The number of rotatable bonds is 3. The first-order chi connectivity index (χ1) is 13.7. The molecule has 28 heavy (non-hydrogen) atoms. The predicted octanol–water partition coefficient (Wildman–Crippen LogP) is 3.41. The van der Waals surface area contributed by atoms with Crippen LogP contribution in [0.5, 0.6) is 0 Å². The third-order valence-corrected chi connectivity index (χ3v) is 5.06. The highest BCUT2D eigenvalue weighted by Crippen LogP contribution is 2.29. The number of carbonyl (C=O) groups is 1. The number of aromatic nitrogens is 4. The molecule has 4 aromatic rings. The summed E-state index contributed by atoms with van der Waals surface area (Å²) in [5.74, 6) is 0.357. The summed E-state index contributed by atoms with van der Waals surface area (Å²) >= 11 is 0. The average molecular weight is 375 g/mol. The summed E-state index contributed by atoms with van der Waals surface area (Å²) in [4.78, 5) is 22.5. The fourth-order valence-corrected chi connectivity index (χ4v) is 3.74. The Morgan fingerprint density at radius 3 is 2.79 bits per heavy atom. The SMILES string of the molecule is O=C(Cc1nc2ccccc2[nH]1)N1CCCc2c1cnn2-c1ccc(F)cc1. The van der Waals surface area contributed by atoms with E-state index in [0.717, 1.165) is 40.9 Å². The first-order valence-corrected chi connectivity index (χ1v) is 9.26. The maximum absolute atomic E-state index is 13.2. The summed E-state index contributed by atoms with van der Waals surface area (Å²) in [7, 11) is 0. The number of para-hydroxylation sites is 2. The molecule has 140 valence electrons. The number of hydrogen-bond donors (Lipinski definition) is 1. The second-order valence-electron chi connectivity index (χ2n) is 6.89. The van der Waals surface area contributed by atoms with Crippen molar-refractivity contribution in [3.05, 3.63) is 72.1 Å². The van der Waals surface area contributed by atoms with E-state index in [-0.39, 0.29) is 18.1 Å². The summed E-state index contributed by atoms with van der Waals surface area (Å²) in [6.45, 7) is 0.654. The molecule has 7 heteroatoms. The smallest absolute Gasteiger partial charge is 0.234 e. The van der Waals surface area contributed by atoms with Gasteiger partial charge < -0.3 is 9.88 Å². The van der Waals surface area contributed by atoms with Gasteiger partial charge in [0.2, 0.25) is 5.91 Å². The standard InChI is InChI=1S/C21H18FN5O/c22-14-7-9-15(10-8-14)27-18-6-3-11-26(19(18)13-23-27)21(28)12-20-24-16-4-1-2-5-17(16)25-20/h1-2,4-5,7-10,13H,3,6,11-12H2,(H,24,25).